The van der Waals surface area contributed by atoms with E-state index in [9.17, 15) is 0 Å². The van der Waals surface area contributed by atoms with Crippen molar-refractivity contribution in [2.45, 2.75) is 19.8 Å². The SMILES string of the molecule is CN1CCC(C)(CNc2nccs2)CC1. The quantitative estimate of drug-likeness (QED) is 0.855. The summed E-state index contributed by atoms with van der Waals surface area (Å²) in [4.78, 5) is 6.65. The second-order valence-corrected chi connectivity index (χ2v) is 5.70. The summed E-state index contributed by atoms with van der Waals surface area (Å²) in [6.45, 7) is 5.86. The molecule has 4 heteroatoms. The summed E-state index contributed by atoms with van der Waals surface area (Å²) in [6, 6.07) is 0. The van der Waals surface area contributed by atoms with Crippen LogP contribution in [0.2, 0.25) is 0 Å². The van der Waals surface area contributed by atoms with Crippen LogP contribution in [0.4, 0.5) is 5.13 Å². The topological polar surface area (TPSA) is 28.2 Å². The largest absolute Gasteiger partial charge is 0.361 e. The first-order valence-corrected chi connectivity index (χ1v) is 6.38. The van der Waals surface area contributed by atoms with E-state index in [2.05, 4.69) is 29.2 Å². The second-order valence-electron chi connectivity index (χ2n) is 4.80. The van der Waals surface area contributed by atoms with Crippen LogP contribution >= 0.6 is 11.3 Å². The molecule has 0 atom stereocenters. The number of nitrogens with zero attached hydrogens (tertiary/aromatic N) is 2. The monoisotopic (exact) mass is 225 g/mol. The van der Waals surface area contributed by atoms with E-state index in [4.69, 9.17) is 0 Å². The molecule has 0 radical (unpaired) electrons. The molecule has 0 spiro atoms. The van der Waals surface area contributed by atoms with Crippen LogP contribution in [0.15, 0.2) is 11.6 Å². The van der Waals surface area contributed by atoms with Crippen LogP contribution in [0, 0.1) is 5.41 Å². The molecule has 3 nitrogen and oxygen atoms in total. The Labute approximate surface area is 95.5 Å². The van der Waals surface area contributed by atoms with Crippen LogP contribution in [0.5, 0.6) is 0 Å². The highest BCUT2D eigenvalue weighted by atomic mass is 32.1. The maximum absolute atomic E-state index is 4.24. The van der Waals surface area contributed by atoms with Gasteiger partial charge in [-0.3, -0.25) is 0 Å². The summed E-state index contributed by atoms with van der Waals surface area (Å²) in [5, 5.41) is 6.50. The maximum Gasteiger partial charge on any atom is 0.182 e. The first-order chi connectivity index (χ1) is 7.18. The van der Waals surface area contributed by atoms with Gasteiger partial charge < -0.3 is 10.2 Å². The van der Waals surface area contributed by atoms with Gasteiger partial charge in [0, 0.05) is 18.1 Å². The molecule has 1 saturated heterocycles. The van der Waals surface area contributed by atoms with E-state index >= 15 is 0 Å². The van der Waals surface area contributed by atoms with E-state index in [1.165, 1.54) is 25.9 Å². The minimum absolute atomic E-state index is 0.443. The predicted molar refractivity (Wildman–Crippen MR) is 65.4 cm³/mol. The lowest BCUT2D eigenvalue weighted by Crippen LogP contribution is -2.40. The first kappa shape index (κ1) is 10.9. The van der Waals surface area contributed by atoms with Crippen molar-refractivity contribution < 1.29 is 0 Å². The molecule has 0 saturated carbocycles. The zero-order chi connectivity index (χ0) is 10.7. The molecular formula is C11H19N3S. The molecule has 2 rings (SSSR count). The van der Waals surface area contributed by atoms with Crippen LogP contribution in [-0.4, -0.2) is 36.6 Å². The van der Waals surface area contributed by atoms with Crippen molar-refractivity contribution in [1.29, 1.82) is 0 Å². The van der Waals surface area contributed by atoms with E-state index in [0.29, 0.717) is 5.41 Å². The number of hydrogen-bond donors (Lipinski definition) is 1. The van der Waals surface area contributed by atoms with Crippen LogP contribution in [-0.2, 0) is 0 Å². The molecule has 1 aliphatic rings. The molecule has 1 aliphatic heterocycles. The molecule has 1 aromatic rings. The molecule has 15 heavy (non-hydrogen) atoms. The third kappa shape index (κ3) is 2.92. The van der Waals surface area contributed by atoms with E-state index in [-0.39, 0.29) is 0 Å². The zero-order valence-corrected chi connectivity index (χ0v) is 10.3. The van der Waals surface area contributed by atoms with Gasteiger partial charge in [0.25, 0.3) is 0 Å². The summed E-state index contributed by atoms with van der Waals surface area (Å²) in [7, 11) is 2.20. The Hall–Kier alpha value is -0.610. The van der Waals surface area contributed by atoms with Crippen LogP contribution in [0.25, 0.3) is 0 Å². The molecule has 0 amide bonds. The first-order valence-electron chi connectivity index (χ1n) is 5.50. The average Bonchev–Trinajstić information content (AvgIpc) is 2.73. The van der Waals surface area contributed by atoms with Crippen LogP contribution < -0.4 is 5.32 Å². The van der Waals surface area contributed by atoms with Gasteiger partial charge in [-0.2, -0.15) is 0 Å². The van der Waals surface area contributed by atoms with Gasteiger partial charge in [-0.25, -0.2) is 4.98 Å². The van der Waals surface area contributed by atoms with Gasteiger partial charge in [-0.15, -0.1) is 11.3 Å². The number of nitrogens with one attached hydrogen (secondary N) is 1. The predicted octanol–water partition coefficient (Wildman–Crippen LogP) is 2.29. The molecular weight excluding hydrogens is 206 g/mol. The van der Waals surface area contributed by atoms with Gasteiger partial charge in [0.05, 0.1) is 0 Å². The van der Waals surface area contributed by atoms with Crippen molar-refractivity contribution in [3.8, 4) is 0 Å². The van der Waals surface area contributed by atoms with Crippen molar-refractivity contribution in [2.24, 2.45) is 5.41 Å². The summed E-state index contributed by atoms with van der Waals surface area (Å²) in [6.07, 6.45) is 4.41. The Balaban J connectivity index is 1.83. The molecule has 0 aromatic carbocycles. The third-order valence-electron chi connectivity index (χ3n) is 3.29. The maximum atomic E-state index is 4.24. The highest BCUT2D eigenvalue weighted by Crippen LogP contribution is 2.30. The Kier molecular flexibility index (Phi) is 3.26. The van der Waals surface area contributed by atoms with Gasteiger partial charge in [-0.05, 0) is 38.4 Å². The van der Waals surface area contributed by atoms with Crippen molar-refractivity contribution >= 4 is 16.5 Å². The molecule has 84 valence electrons. The Bertz CT molecular complexity index is 289. The van der Waals surface area contributed by atoms with E-state index in [0.717, 1.165) is 11.7 Å². The van der Waals surface area contributed by atoms with Crippen molar-refractivity contribution in [3.05, 3.63) is 11.6 Å². The molecule has 0 aliphatic carbocycles. The zero-order valence-electron chi connectivity index (χ0n) is 9.49. The number of hydrogen-bond acceptors (Lipinski definition) is 4. The number of likely N-dealkylation sites (tertiary alicyclic amines) is 1. The number of aromatic nitrogens is 1. The molecule has 0 bridgehead atoms. The van der Waals surface area contributed by atoms with E-state index < -0.39 is 0 Å². The van der Waals surface area contributed by atoms with Gasteiger partial charge in [-0.1, -0.05) is 6.92 Å². The fourth-order valence-corrected chi connectivity index (χ4v) is 2.46. The lowest BCUT2D eigenvalue weighted by atomic mass is 9.80. The smallest absolute Gasteiger partial charge is 0.182 e. The minimum Gasteiger partial charge on any atom is -0.361 e. The molecule has 2 heterocycles. The Morgan fingerprint density at radius 1 is 1.53 bits per heavy atom. The van der Waals surface area contributed by atoms with Gasteiger partial charge in [0.2, 0.25) is 0 Å². The van der Waals surface area contributed by atoms with Gasteiger partial charge in [0.1, 0.15) is 0 Å². The summed E-state index contributed by atoms with van der Waals surface area (Å²) in [5.74, 6) is 0. The molecule has 1 fully saturated rings. The normalized spacial score (nSPS) is 21.5. The number of piperidine rings is 1. The van der Waals surface area contributed by atoms with E-state index in [1.54, 1.807) is 11.3 Å². The Morgan fingerprint density at radius 2 is 2.27 bits per heavy atom. The van der Waals surface area contributed by atoms with Gasteiger partial charge >= 0.3 is 0 Å². The summed E-state index contributed by atoms with van der Waals surface area (Å²) in [5.41, 5.74) is 0.443. The van der Waals surface area contributed by atoms with Crippen LogP contribution in [0.3, 0.4) is 0 Å². The fourth-order valence-electron chi connectivity index (χ4n) is 1.93. The number of rotatable bonds is 3. The second kappa shape index (κ2) is 4.49. The standard InChI is InChI=1S/C11H19N3S/c1-11(3-6-14(2)7-4-11)9-13-10-12-5-8-15-10/h5,8H,3-4,6-7,9H2,1-2H3,(H,12,13). The lowest BCUT2D eigenvalue weighted by molar-refractivity contribution is 0.150. The van der Waals surface area contributed by atoms with Crippen molar-refractivity contribution in [3.63, 3.8) is 0 Å². The molecule has 1 N–H and O–H groups in total. The highest BCUT2D eigenvalue weighted by molar-refractivity contribution is 7.13. The lowest BCUT2D eigenvalue weighted by Gasteiger charge is -2.37. The minimum atomic E-state index is 0.443. The number of thiazole rings is 1. The third-order valence-corrected chi connectivity index (χ3v) is 4.02. The fraction of sp³-hybridized carbons (Fsp3) is 0.727. The number of anilines is 1. The van der Waals surface area contributed by atoms with Crippen molar-refractivity contribution in [1.82, 2.24) is 9.88 Å². The van der Waals surface area contributed by atoms with Gasteiger partial charge in [0.15, 0.2) is 5.13 Å². The molecule has 0 unspecified atom stereocenters. The Morgan fingerprint density at radius 3 is 2.87 bits per heavy atom. The van der Waals surface area contributed by atoms with E-state index in [1.807, 2.05) is 11.6 Å². The molecule has 1 aromatic heterocycles. The summed E-state index contributed by atoms with van der Waals surface area (Å²) >= 11 is 1.68. The van der Waals surface area contributed by atoms with Crippen LogP contribution in [0.1, 0.15) is 19.8 Å². The highest BCUT2D eigenvalue weighted by Gasteiger charge is 2.28. The summed E-state index contributed by atoms with van der Waals surface area (Å²) < 4.78 is 0. The van der Waals surface area contributed by atoms with Crippen molar-refractivity contribution in [2.75, 3.05) is 32.0 Å². The average molecular weight is 225 g/mol.